The van der Waals surface area contributed by atoms with Gasteiger partial charge >= 0.3 is 0 Å². The van der Waals surface area contributed by atoms with Gasteiger partial charge in [0, 0.05) is 0 Å². The summed E-state index contributed by atoms with van der Waals surface area (Å²) in [4.78, 5) is 11.3. The average Bonchev–Trinajstić information content (AvgIpc) is 2.20. The van der Waals surface area contributed by atoms with Gasteiger partial charge < -0.3 is 0 Å². The number of halogens is 2. The van der Waals surface area contributed by atoms with E-state index in [1.807, 2.05) is 0 Å². The predicted molar refractivity (Wildman–Crippen MR) is 54.0 cm³/mol. The second-order valence-electron chi connectivity index (χ2n) is 2.79. The summed E-state index contributed by atoms with van der Waals surface area (Å²) in [5.74, 6) is -1.02. The third kappa shape index (κ3) is 1.83. The summed E-state index contributed by atoms with van der Waals surface area (Å²) in [6.07, 6.45) is 0. The molecule has 1 aromatic rings. The van der Waals surface area contributed by atoms with Gasteiger partial charge in [0.15, 0.2) is 5.78 Å². The quantitative estimate of drug-likeness (QED) is 0.602. The number of nitrogens with zero attached hydrogens (tertiary/aromatic N) is 1. The molecule has 0 saturated heterocycles. The number of ketones is 1. The number of carbonyl (C=O) groups is 1. The Kier molecular flexibility index (Phi) is 3.37. The van der Waals surface area contributed by atoms with Crippen LogP contribution in [0.3, 0.4) is 0 Å². The van der Waals surface area contributed by atoms with Crippen molar-refractivity contribution in [2.45, 2.75) is 6.92 Å². The van der Waals surface area contributed by atoms with Crippen LogP contribution in [0.2, 0.25) is 0 Å². The Morgan fingerprint density at radius 1 is 1.64 bits per heavy atom. The van der Waals surface area contributed by atoms with E-state index in [9.17, 15) is 9.18 Å². The molecule has 0 spiro atoms. The fraction of sp³-hybridized carbons (Fsp3) is 0.200. The highest BCUT2D eigenvalue weighted by Crippen LogP contribution is 2.18. The van der Waals surface area contributed by atoms with Crippen LogP contribution in [0.4, 0.5) is 4.39 Å². The number of alkyl halides is 1. The highest BCUT2D eigenvalue weighted by Gasteiger charge is 2.17. The summed E-state index contributed by atoms with van der Waals surface area (Å²) >= 11 is 2.95. The Balaban J connectivity index is 3.45. The fourth-order valence-electron chi connectivity index (χ4n) is 1.11. The lowest BCUT2D eigenvalue weighted by Crippen LogP contribution is -2.07. The lowest BCUT2D eigenvalue weighted by Gasteiger charge is -2.04. The van der Waals surface area contributed by atoms with Gasteiger partial charge in [0.2, 0.25) is 0 Å². The summed E-state index contributed by atoms with van der Waals surface area (Å²) in [5, 5.41) is 8.71. The number of rotatable bonds is 2. The van der Waals surface area contributed by atoms with Crippen molar-refractivity contribution in [2.24, 2.45) is 0 Å². The molecule has 0 atom stereocenters. The topological polar surface area (TPSA) is 40.9 Å². The first kappa shape index (κ1) is 10.9. The van der Waals surface area contributed by atoms with Crippen molar-refractivity contribution < 1.29 is 9.18 Å². The highest BCUT2D eigenvalue weighted by molar-refractivity contribution is 9.09. The largest absolute Gasteiger partial charge is 0.293 e. The van der Waals surface area contributed by atoms with Gasteiger partial charge in [0.05, 0.1) is 22.5 Å². The van der Waals surface area contributed by atoms with Crippen molar-refractivity contribution in [2.75, 3.05) is 5.33 Å². The van der Waals surface area contributed by atoms with Gasteiger partial charge in [-0.15, -0.1) is 0 Å². The predicted octanol–water partition coefficient (Wildman–Crippen LogP) is 2.58. The van der Waals surface area contributed by atoms with E-state index in [1.165, 1.54) is 12.1 Å². The lowest BCUT2D eigenvalue weighted by molar-refractivity contribution is 0.101. The van der Waals surface area contributed by atoms with Crippen molar-refractivity contribution in [3.63, 3.8) is 0 Å². The van der Waals surface area contributed by atoms with Crippen LogP contribution >= 0.6 is 15.9 Å². The Hall–Kier alpha value is -1.21. The zero-order chi connectivity index (χ0) is 10.7. The van der Waals surface area contributed by atoms with E-state index in [4.69, 9.17) is 5.26 Å². The number of carbonyl (C=O) groups excluding carboxylic acids is 1. The number of Topliss-reactive ketones (excluding diaryl/α,β-unsaturated/α-hetero) is 1. The van der Waals surface area contributed by atoms with E-state index in [0.29, 0.717) is 5.56 Å². The van der Waals surface area contributed by atoms with E-state index in [0.717, 1.165) is 0 Å². The summed E-state index contributed by atoms with van der Waals surface area (Å²) in [5.41, 5.74) is 0.329. The molecular weight excluding hydrogens is 249 g/mol. The molecule has 0 aromatic heterocycles. The first-order chi connectivity index (χ1) is 6.61. The standard InChI is InChI=1S/C10H7BrFNO/c1-6-2-3-7(5-13)9(10(6)12)8(14)4-11/h2-3H,4H2,1H3. The molecule has 0 bridgehead atoms. The van der Waals surface area contributed by atoms with Gasteiger partial charge in [-0.1, -0.05) is 22.0 Å². The summed E-state index contributed by atoms with van der Waals surface area (Å²) in [7, 11) is 0. The smallest absolute Gasteiger partial charge is 0.177 e. The van der Waals surface area contributed by atoms with Crippen LogP contribution in [0.25, 0.3) is 0 Å². The van der Waals surface area contributed by atoms with Gasteiger partial charge in [-0.2, -0.15) is 5.26 Å². The third-order valence-corrected chi connectivity index (χ3v) is 2.36. The summed E-state index contributed by atoms with van der Waals surface area (Å²) in [6.45, 7) is 1.56. The monoisotopic (exact) mass is 255 g/mol. The first-order valence-corrected chi connectivity index (χ1v) is 5.02. The summed E-state index contributed by atoms with van der Waals surface area (Å²) in [6, 6.07) is 4.73. The molecule has 0 heterocycles. The van der Waals surface area contributed by atoms with Crippen molar-refractivity contribution >= 4 is 21.7 Å². The highest BCUT2D eigenvalue weighted by atomic mass is 79.9. The molecule has 1 aromatic carbocycles. The van der Waals surface area contributed by atoms with Gasteiger partial charge in [-0.3, -0.25) is 4.79 Å². The van der Waals surface area contributed by atoms with Gasteiger partial charge in [-0.25, -0.2) is 4.39 Å². The Labute approximate surface area is 89.5 Å². The van der Waals surface area contributed by atoms with Crippen LogP contribution in [-0.4, -0.2) is 11.1 Å². The molecule has 0 radical (unpaired) electrons. The van der Waals surface area contributed by atoms with E-state index in [2.05, 4.69) is 15.9 Å². The van der Waals surface area contributed by atoms with Gasteiger partial charge in [0.1, 0.15) is 5.82 Å². The van der Waals surface area contributed by atoms with Crippen LogP contribution in [-0.2, 0) is 0 Å². The molecule has 0 aliphatic heterocycles. The molecule has 0 aliphatic rings. The average molecular weight is 256 g/mol. The van der Waals surface area contributed by atoms with Gasteiger partial charge in [0.25, 0.3) is 0 Å². The van der Waals surface area contributed by atoms with Crippen molar-refractivity contribution in [1.29, 1.82) is 5.26 Å². The Morgan fingerprint density at radius 2 is 2.29 bits per heavy atom. The lowest BCUT2D eigenvalue weighted by atomic mass is 10.0. The zero-order valence-corrected chi connectivity index (χ0v) is 9.06. The second-order valence-corrected chi connectivity index (χ2v) is 3.35. The third-order valence-electron chi connectivity index (χ3n) is 1.86. The number of hydrogen-bond donors (Lipinski definition) is 0. The molecule has 0 amide bonds. The van der Waals surface area contributed by atoms with Crippen LogP contribution in [0, 0.1) is 24.1 Å². The molecule has 72 valence electrons. The van der Waals surface area contributed by atoms with Crippen LogP contribution in [0.1, 0.15) is 21.5 Å². The fourth-order valence-corrected chi connectivity index (χ4v) is 1.39. The zero-order valence-electron chi connectivity index (χ0n) is 7.47. The molecule has 0 saturated carbocycles. The maximum atomic E-state index is 13.5. The van der Waals surface area contributed by atoms with E-state index < -0.39 is 11.6 Å². The minimum Gasteiger partial charge on any atom is -0.293 e. The van der Waals surface area contributed by atoms with Crippen molar-refractivity contribution in [3.05, 3.63) is 34.6 Å². The maximum Gasteiger partial charge on any atom is 0.177 e. The number of benzene rings is 1. The van der Waals surface area contributed by atoms with Crippen LogP contribution < -0.4 is 0 Å². The SMILES string of the molecule is Cc1ccc(C#N)c(C(=O)CBr)c1F. The molecule has 0 fully saturated rings. The minimum absolute atomic E-state index is 0.0159. The number of hydrogen-bond acceptors (Lipinski definition) is 2. The molecule has 1 rings (SSSR count). The molecule has 0 N–H and O–H groups in total. The van der Waals surface area contributed by atoms with Crippen LogP contribution in [0.15, 0.2) is 12.1 Å². The first-order valence-electron chi connectivity index (χ1n) is 3.90. The van der Waals surface area contributed by atoms with Gasteiger partial charge in [-0.05, 0) is 18.6 Å². The van der Waals surface area contributed by atoms with E-state index in [1.54, 1.807) is 13.0 Å². The maximum absolute atomic E-state index is 13.5. The molecule has 2 nitrogen and oxygen atoms in total. The van der Waals surface area contributed by atoms with Crippen molar-refractivity contribution in [3.8, 4) is 6.07 Å². The normalized spacial score (nSPS) is 9.57. The van der Waals surface area contributed by atoms with E-state index >= 15 is 0 Å². The second kappa shape index (κ2) is 4.34. The molecule has 0 unspecified atom stereocenters. The van der Waals surface area contributed by atoms with E-state index in [-0.39, 0.29) is 16.5 Å². The molecular formula is C10H7BrFNO. The Bertz CT molecular complexity index is 423. The number of nitriles is 1. The van der Waals surface area contributed by atoms with Crippen molar-refractivity contribution in [1.82, 2.24) is 0 Å². The van der Waals surface area contributed by atoms with Crippen LogP contribution in [0.5, 0.6) is 0 Å². The molecule has 14 heavy (non-hydrogen) atoms. The minimum atomic E-state index is -0.603. The summed E-state index contributed by atoms with van der Waals surface area (Å²) < 4.78 is 13.5. The Morgan fingerprint density at radius 3 is 2.79 bits per heavy atom. The molecule has 0 aliphatic carbocycles. The molecule has 4 heteroatoms. The number of aryl methyl sites for hydroxylation is 1.